The summed E-state index contributed by atoms with van der Waals surface area (Å²) in [5.41, 5.74) is 0. The van der Waals surface area contributed by atoms with E-state index >= 15 is 0 Å². The highest BCUT2D eigenvalue weighted by Gasteiger charge is 1.55. The van der Waals surface area contributed by atoms with Gasteiger partial charge in [-0.05, 0) is 0 Å². The van der Waals surface area contributed by atoms with Crippen molar-refractivity contribution in [1.82, 2.24) is 0 Å². The zero-order valence-electron chi connectivity index (χ0n) is 4.50. The smallest absolute Gasteiger partial charge is 0.151 e. The molecule has 0 atom stereocenters. The third kappa shape index (κ3) is 4.73. The molecule has 0 aliphatic heterocycles. The fourth-order valence-electron chi connectivity index (χ4n) is 0.162. The zero-order valence-corrected chi connectivity index (χ0v) is 4.50. The Labute approximate surface area is 48.5 Å². The van der Waals surface area contributed by atoms with Crippen molar-refractivity contribution in [2.75, 3.05) is 0 Å². The van der Waals surface area contributed by atoms with Crippen molar-refractivity contribution in [2.45, 2.75) is 0 Å². The molecule has 8 heavy (non-hydrogen) atoms. The highest BCUT2D eigenvalue weighted by Crippen LogP contribution is 1.68. The van der Waals surface area contributed by atoms with E-state index in [0.29, 0.717) is 0 Å². The number of ether oxygens (including phenoxy) is 1. The van der Waals surface area contributed by atoms with Crippen LogP contribution in [0.2, 0.25) is 0 Å². The quantitative estimate of drug-likeness (QED) is 0.397. The molecule has 0 aliphatic carbocycles. The Bertz CT molecular complexity index is 131. The Morgan fingerprint density at radius 1 is 1.50 bits per heavy atom. The van der Waals surface area contributed by atoms with Crippen molar-refractivity contribution >= 4 is 5.87 Å². The van der Waals surface area contributed by atoms with Gasteiger partial charge in [0.1, 0.15) is 0 Å². The Morgan fingerprint density at radius 3 is 2.75 bits per heavy atom. The van der Waals surface area contributed by atoms with Crippen molar-refractivity contribution in [3.63, 3.8) is 0 Å². The highest BCUT2D eigenvalue weighted by molar-refractivity contribution is 5.50. The molecule has 0 spiro atoms. The van der Waals surface area contributed by atoms with Crippen LogP contribution in [0.25, 0.3) is 0 Å². The average molecular weight is 109 g/mol. The summed E-state index contributed by atoms with van der Waals surface area (Å²) in [5.74, 6) is 2.42. The largest absolute Gasteiger partial charge is 0.463 e. The molecule has 0 rings (SSSR count). The lowest BCUT2D eigenvalue weighted by Gasteiger charge is -1.77. The third-order valence-electron chi connectivity index (χ3n) is 0.383. The molecule has 0 N–H and O–H groups in total. The van der Waals surface area contributed by atoms with Crippen molar-refractivity contribution in [3.05, 3.63) is 31.9 Å². The predicted molar refractivity (Wildman–Crippen MR) is 33.5 cm³/mol. The van der Waals surface area contributed by atoms with Crippen LogP contribution in [0.4, 0.5) is 0 Å². The fraction of sp³-hybridized carbons (Fsp3) is 0. The Morgan fingerprint density at radius 2 is 2.25 bits per heavy atom. The van der Waals surface area contributed by atoms with Crippen LogP contribution in [-0.4, -0.2) is 5.87 Å². The average Bonchev–Trinajstić information content (AvgIpc) is 1.81. The van der Waals surface area contributed by atoms with Gasteiger partial charge in [-0.25, -0.2) is 4.99 Å². The van der Waals surface area contributed by atoms with Crippen LogP contribution in [0, 0.1) is 0 Å². The molecule has 0 aromatic rings. The summed E-state index contributed by atoms with van der Waals surface area (Å²) in [6, 6.07) is 0. The Balaban J connectivity index is 3.46. The topological polar surface area (TPSA) is 21.6 Å². The van der Waals surface area contributed by atoms with E-state index in [9.17, 15) is 0 Å². The maximum absolute atomic E-state index is 4.52. The maximum Gasteiger partial charge on any atom is 0.151 e. The van der Waals surface area contributed by atoms with Gasteiger partial charge in [-0.3, -0.25) is 0 Å². The van der Waals surface area contributed by atoms with E-state index in [2.05, 4.69) is 28.8 Å². The van der Waals surface area contributed by atoms with E-state index < -0.39 is 0 Å². The van der Waals surface area contributed by atoms with Gasteiger partial charge in [0.2, 0.25) is 0 Å². The molecule has 0 unspecified atom stereocenters. The van der Waals surface area contributed by atoms with E-state index in [1.807, 2.05) is 0 Å². The molecule has 2 nitrogen and oxygen atoms in total. The van der Waals surface area contributed by atoms with Gasteiger partial charge in [0.25, 0.3) is 0 Å². The number of hydrogen-bond acceptors (Lipinski definition) is 2. The molecule has 0 aliphatic rings. The maximum atomic E-state index is 4.52. The van der Waals surface area contributed by atoms with Gasteiger partial charge in [0, 0.05) is 12.1 Å². The lowest BCUT2D eigenvalue weighted by molar-refractivity contribution is 0.411. The molecule has 0 heterocycles. The van der Waals surface area contributed by atoms with Crippen LogP contribution < -0.4 is 0 Å². The number of aliphatic imine (C=N–C) groups is 1. The van der Waals surface area contributed by atoms with E-state index in [0.717, 1.165) is 0 Å². The first kappa shape index (κ1) is 6.73. The van der Waals surface area contributed by atoms with Crippen molar-refractivity contribution in [1.29, 1.82) is 0 Å². The third-order valence-corrected chi connectivity index (χ3v) is 0.383. The van der Waals surface area contributed by atoms with Gasteiger partial charge in [-0.15, -0.1) is 0 Å². The minimum absolute atomic E-state index is 1.28. The van der Waals surface area contributed by atoms with Gasteiger partial charge >= 0.3 is 0 Å². The predicted octanol–water partition coefficient (Wildman–Crippen LogP) is 1.47. The summed E-state index contributed by atoms with van der Waals surface area (Å²) in [7, 11) is 0. The molecule has 0 radical (unpaired) electrons. The Hall–Kier alpha value is -1.27. The molecule has 0 amide bonds. The minimum atomic E-state index is 1.28. The first-order valence-electron chi connectivity index (χ1n) is 2.06. The lowest BCUT2D eigenvalue weighted by atomic mass is 11.0. The van der Waals surface area contributed by atoms with Crippen LogP contribution in [-0.2, 0) is 4.74 Å². The molecule has 0 fully saturated rings. The van der Waals surface area contributed by atoms with Gasteiger partial charge in [-0.2, -0.15) is 0 Å². The molecular formula is C6H7NO. The minimum Gasteiger partial charge on any atom is -0.463 e. The van der Waals surface area contributed by atoms with Crippen LogP contribution >= 0.6 is 0 Å². The van der Waals surface area contributed by atoms with Crippen molar-refractivity contribution in [2.24, 2.45) is 4.99 Å². The Kier molecular flexibility index (Phi) is 4.82. The normalized spacial score (nSPS) is 6.00. The van der Waals surface area contributed by atoms with Gasteiger partial charge < -0.3 is 4.74 Å². The second-order valence-corrected chi connectivity index (χ2v) is 0.861. The first-order chi connectivity index (χ1) is 3.91. The fourth-order valence-corrected chi connectivity index (χ4v) is 0.162. The zero-order chi connectivity index (χ0) is 6.24. The summed E-state index contributed by atoms with van der Waals surface area (Å²) in [6.07, 6.45) is 3.93. The second kappa shape index (κ2) is 5.73. The lowest BCUT2D eigenvalue weighted by Crippen LogP contribution is -1.60. The van der Waals surface area contributed by atoms with Gasteiger partial charge in [-0.1, -0.05) is 13.2 Å². The van der Waals surface area contributed by atoms with Crippen LogP contribution in [0.15, 0.2) is 36.9 Å². The molecule has 2 heteroatoms. The van der Waals surface area contributed by atoms with E-state index in [4.69, 9.17) is 0 Å². The van der Waals surface area contributed by atoms with Crippen LogP contribution in [0.1, 0.15) is 0 Å². The molecule has 0 bridgehead atoms. The van der Waals surface area contributed by atoms with E-state index in [-0.39, 0.29) is 0 Å². The molecule has 0 saturated carbocycles. The van der Waals surface area contributed by atoms with Crippen molar-refractivity contribution in [3.8, 4) is 0 Å². The molecular weight excluding hydrogens is 102 g/mol. The molecule has 42 valence electrons. The summed E-state index contributed by atoms with van der Waals surface area (Å²) < 4.78 is 4.52. The first-order valence-corrected chi connectivity index (χ1v) is 2.06. The van der Waals surface area contributed by atoms with Crippen molar-refractivity contribution < 1.29 is 4.74 Å². The second-order valence-electron chi connectivity index (χ2n) is 0.861. The van der Waals surface area contributed by atoms with E-state index in [1.54, 1.807) is 0 Å². The van der Waals surface area contributed by atoms with Gasteiger partial charge in [0.05, 0.1) is 6.26 Å². The standard InChI is InChI=1S/C6H7NO/c1-3-7-5-6-8-4-2/h3-4,6H,1-2H2. The number of nitrogens with zero attached hydrogens (tertiary/aromatic N) is 1. The van der Waals surface area contributed by atoms with E-state index in [1.165, 1.54) is 18.7 Å². The molecule has 0 aromatic carbocycles. The SMILES string of the molecule is C=CN=C=COC=C. The summed E-state index contributed by atoms with van der Waals surface area (Å²) >= 11 is 0. The molecule has 0 saturated heterocycles. The van der Waals surface area contributed by atoms with Crippen LogP contribution in [0.5, 0.6) is 0 Å². The van der Waals surface area contributed by atoms with Gasteiger partial charge in [0.15, 0.2) is 6.26 Å². The monoisotopic (exact) mass is 109 g/mol. The van der Waals surface area contributed by atoms with Crippen LogP contribution in [0.3, 0.4) is 0 Å². The summed E-state index contributed by atoms with van der Waals surface area (Å²) in [6.45, 7) is 6.63. The highest BCUT2D eigenvalue weighted by atomic mass is 16.5. The number of hydrogen-bond donors (Lipinski definition) is 0. The number of rotatable bonds is 3. The molecule has 0 aromatic heterocycles. The summed E-state index contributed by atoms with van der Waals surface area (Å²) in [5, 5.41) is 0. The summed E-state index contributed by atoms with van der Waals surface area (Å²) in [4.78, 5) is 3.49.